The number of carbonyl (C=O) groups is 2. The molecule has 0 heterocycles. The molecule has 0 unspecified atom stereocenters. The average molecular weight is 416 g/mol. The standard InChI is InChI=1S/2C11H12O2.Zn/c2*1-2-3-4-5-6-7-8-9-10-11(12)13;/h2*3-9H,1,10H2,(H,12,13);/q;;+2/p-2. The molecule has 0 aromatic carbocycles. The Labute approximate surface area is 173 Å². The summed E-state index contributed by atoms with van der Waals surface area (Å²) in [6, 6.07) is 0. The minimum atomic E-state index is -1.07. The van der Waals surface area contributed by atoms with Gasteiger partial charge in [-0.25, -0.2) is 0 Å². The van der Waals surface area contributed by atoms with Crippen LogP contribution in [0.2, 0.25) is 0 Å². The first kappa shape index (κ1) is 28.8. The first-order valence-electron chi connectivity index (χ1n) is 7.62. The van der Waals surface area contributed by atoms with Crippen molar-refractivity contribution in [2.45, 2.75) is 12.8 Å². The maximum Gasteiger partial charge on any atom is 2.00 e. The van der Waals surface area contributed by atoms with E-state index in [0.717, 1.165) is 0 Å². The number of aliphatic carboxylic acids is 2. The molecule has 0 N–H and O–H groups in total. The van der Waals surface area contributed by atoms with Crippen molar-refractivity contribution in [1.82, 2.24) is 0 Å². The Hall–Kier alpha value is -2.96. The number of carboxylic acid groups (broad SMARTS) is 2. The number of rotatable bonds is 10. The van der Waals surface area contributed by atoms with Crippen molar-refractivity contribution in [3.63, 3.8) is 0 Å². The van der Waals surface area contributed by atoms with Crippen molar-refractivity contribution in [1.29, 1.82) is 0 Å². The summed E-state index contributed by atoms with van der Waals surface area (Å²) >= 11 is 0. The van der Waals surface area contributed by atoms with Crippen LogP contribution in [-0.4, -0.2) is 11.9 Å². The van der Waals surface area contributed by atoms with Crippen LogP contribution < -0.4 is 10.2 Å². The van der Waals surface area contributed by atoms with Gasteiger partial charge in [-0.3, -0.25) is 0 Å². The minimum absolute atomic E-state index is 0. The second-order valence-electron chi connectivity index (χ2n) is 4.29. The summed E-state index contributed by atoms with van der Waals surface area (Å²) in [6.07, 6.45) is 23.7. The molecule has 0 saturated heterocycles. The molecular formula is C22H22O4Zn. The Morgan fingerprint density at radius 1 is 0.630 bits per heavy atom. The van der Waals surface area contributed by atoms with Gasteiger partial charge < -0.3 is 19.8 Å². The molecule has 0 aromatic heterocycles. The van der Waals surface area contributed by atoms with Crippen molar-refractivity contribution < 1.29 is 39.3 Å². The number of hydrogen-bond donors (Lipinski definition) is 0. The zero-order valence-electron chi connectivity index (χ0n) is 15.3. The third-order valence-electron chi connectivity index (χ3n) is 2.16. The van der Waals surface area contributed by atoms with Crippen LogP contribution in [0.3, 0.4) is 0 Å². The van der Waals surface area contributed by atoms with Crippen molar-refractivity contribution in [2.75, 3.05) is 0 Å². The second kappa shape index (κ2) is 25.3. The van der Waals surface area contributed by atoms with Crippen LogP contribution in [0.15, 0.2) is 110 Å². The Bertz CT molecular complexity index is 619. The van der Waals surface area contributed by atoms with E-state index >= 15 is 0 Å². The molecule has 0 saturated carbocycles. The van der Waals surface area contributed by atoms with Gasteiger partial charge >= 0.3 is 19.5 Å². The monoisotopic (exact) mass is 414 g/mol. The summed E-state index contributed by atoms with van der Waals surface area (Å²) in [5.74, 6) is -2.15. The van der Waals surface area contributed by atoms with Crippen LogP contribution in [0, 0.1) is 0 Å². The summed E-state index contributed by atoms with van der Waals surface area (Å²) in [7, 11) is 0. The van der Waals surface area contributed by atoms with Crippen LogP contribution in [0.5, 0.6) is 0 Å². The van der Waals surface area contributed by atoms with Gasteiger partial charge in [-0.05, 0) is 12.2 Å². The van der Waals surface area contributed by atoms with Gasteiger partial charge in [0.1, 0.15) is 0 Å². The Morgan fingerprint density at radius 2 is 0.926 bits per heavy atom. The molecule has 0 rings (SSSR count). The second-order valence-corrected chi connectivity index (χ2v) is 4.29. The Kier molecular flexibility index (Phi) is 27.0. The van der Waals surface area contributed by atoms with Crippen molar-refractivity contribution >= 4 is 11.9 Å². The van der Waals surface area contributed by atoms with E-state index in [4.69, 9.17) is 0 Å². The largest absolute Gasteiger partial charge is 2.00 e. The van der Waals surface area contributed by atoms with Crippen LogP contribution >= 0.6 is 0 Å². The minimum Gasteiger partial charge on any atom is -0.550 e. The van der Waals surface area contributed by atoms with Crippen LogP contribution in [0.25, 0.3) is 0 Å². The fourth-order valence-electron chi connectivity index (χ4n) is 1.12. The summed E-state index contributed by atoms with van der Waals surface area (Å²) in [5, 5.41) is 19.9. The summed E-state index contributed by atoms with van der Waals surface area (Å²) < 4.78 is 0. The smallest absolute Gasteiger partial charge is 0.550 e. The van der Waals surface area contributed by atoms with E-state index in [1.807, 2.05) is 0 Å². The molecule has 0 aliphatic heterocycles. The van der Waals surface area contributed by atoms with Gasteiger partial charge in [-0.1, -0.05) is 86.1 Å². The van der Waals surface area contributed by atoms with Gasteiger partial charge in [0, 0.05) is 24.8 Å². The fraction of sp³-hybridized carbons (Fsp3) is 0.0909. The van der Waals surface area contributed by atoms with E-state index in [0.29, 0.717) is 0 Å². The van der Waals surface area contributed by atoms with Crippen LogP contribution in [0.1, 0.15) is 12.8 Å². The maximum absolute atomic E-state index is 9.95. The zero-order chi connectivity index (χ0) is 19.9. The number of hydrogen-bond acceptors (Lipinski definition) is 4. The van der Waals surface area contributed by atoms with Crippen LogP contribution in [0.4, 0.5) is 0 Å². The van der Waals surface area contributed by atoms with Gasteiger partial charge in [0.15, 0.2) is 0 Å². The molecule has 0 aromatic rings. The van der Waals surface area contributed by atoms with Crippen molar-refractivity contribution in [3.8, 4) is 0 Å². The molecular weight excluding hydrogens is 394 g/mol. The molecule has 27 heavy (non-hydrogen) atoms. The van der Waals surface area contributed by atoms with E-state index in [1.165, 1.54) is 12.2 Å². The maximum atomic E-state index is 9.95. The molecule has 5 heteroatoms. The van der Waals surface area contributed by atoms with Gasteiger partial charge in [0.25, 0.3) is 0 Å². The topological polar surface area (TPSA) is 80.3 Å². The average Bonchev–Trinajstić information content (AvgIpc) is 2.60. The van der Waals surface area contributed by atoms with E-state index < -0.39 is 11.9 Å². The van der Waals surface area contributed by atoms with E-state index in [1.54, 1.807) is 72.9 Å². The molecule has 4 nitrogen and oxygen atoms in total. The molecule has 0 radical (unpaired) electrons. The molecule has 0 spiro atoms. The summed E-state index contributed by atoms with van der Waals surface area (Å²) in [5.41, 5.74) is 5.17. The predicted molar refractivity (Wildman–Crippen MR) is 102 cm³/mol. The van der Waals surface area contributed by atoms with Crippen molar-refractivity contribution in [2.24, 2.45) is 0 Å². The summed E-state index contributed by atoms with van der Waals surface area (Å²) in [4.78, 5) is 19.9. The molecule has 136 valence electrons. The quantitative estimate of drug-likeness (QED) is 0.311. The first-order valence-corrected chi connectivity index (χ1v) is 7.62. The summed E-state index contributed by atoms with van der Waals surface area (Å²) in [6.45, 7) is 6.77. The molecule has 0 aliphatic rings. The van der Waals surface area contributed by atoms with Crippen LogP contribution in [-0.2, 0) is 29.1 Å². The molecule has 0 fully saturated rings. The van der Waals surface area contributed by atoms with Gasteiger partial charge in [0.2, 0.25) is 0 Å². The number of carbonyl (C=O) groups excluding carboxylic acids is 2. The van der Waals surface area contributed by atoms with Gasteiger partial charge in [-0.2, -0.15) is 0 Å². The van der Waals surface area contributed by atoms with Gasteiger partial charge in [0.05, 0.1) is 0 Å². The molecule has 0 atom stereocenters. The van der Waals surface area contributed by atoms with E-state index in [-0.39, 0.29) is 32.3 Å². The first-order chi connectivity index (χ1) is 12.5. The SMILES string of the molecule is C=C=CC=CC=CC=CCC(=O)[O-].C=C=CC=CC=CC=CCC(=O)[O-].[Zn+2]. The molecule has 0 amide bonds. The number of carboxylic acids is 2. The molecule has 0 aliphatic carbocycles. The van der Waals surface area contributed by atoms with Gasteiger partial charge in [-0.15, -0.1) is 11.5 Å². The predicted octanol–water partition coefficient (Wildman–Crippen LogP) is 2.27. The Balaban J connectivity index is -0.000000411. The van der Waals surface area contributed by atoms with E-state index in [9.17, 15) is 19.8 Å². The van der Waals surface area contributed by atoms with E-state index in [2.05, 4.69) is 24.6 Å². The zero-order valence-corrected chi connectivity index (χ0v) is 18.2. The Morgan fingerprint density at radius 3 is 1.22 bits per heavy atom. The normalized spacial score (nSPS) is 10.7. The number of allylic oxidation sites excluding steroid dienone is 12. The molecule has 0 bridgehead atoms. The fourth-order valence-corrected chi connectivity index (χ4v) is 1.12. The third-order valence-corrected chi connectivity index (χ3v) is 2.16. The third kappa shape index (κ3) is 35.1. The van der Waals surface area contributed by atoms with Crippen molar-refractivity contribution in [3.05, 3.63) is 110 Å².